The summed E-state index contributed by atoms with van der Waals surface area (Å²) in [5.74, 6) is 0.646. The number of ether oxygens (including phenoxy) is 1. The van der Waals surface area contributed by atoms with Gasteiger partial charge in [-0.25, -0.2) is 4.98 Å². The summed E-state index contributed by atoms with van der Waals surface area (Å²) in [6.45, 7) is 0. The fraction of sp³-hybridized carbons (Fsp3) is 0.333. The normalized spacial score (nSPS) is 16.9. The number of H-pyrrole nitrogens is 1. The molecule has 1 aliphatic rings. The lowest BCUT2D eigenvalue weighted by Crippen LogP contribution is -2.39. The summed E-state index contributed by atoms with van der Waals surface area (Å²) in [5, 5.41) is 0. The lowest BCUT2D eigenvalue weighted by molar-refractivity contribution is -0.0847. The van der Waals surface area contributed by atoms with Gasteiger partial charge < -0.3 is 9.72 Å². The van der Waals surface area contributed by atoms with Crippen LogP contribution in [0.15, 0.2) is 41.2 Å². The van der Waals surface area contributed by atoms with Gasteiger partial charge in [0, 0.05) is 18.7 Å². The van der Waals surface area contributed by atoms with E-state index in [9.17, 15) is 4.79 Å². The fourth-order valence-electron chi connectivity index (χ4n) is 2.47. The van der Waals surface area contributed by atoms with Gasteiger partial charge >= 0.3 is 0 Å². The molecule has 0 saturated heterocycles. The molecule has 1 aliphatic carbocycles. The van der Waals surface area contributed by atoms with Crippen molar-refractivity contribution in [3.63, 3.8) is 0 Å². The molecule has 0 unspecified atom stereocenters. The molecule has 0 radical (unpaired) electrons. The molecule has 1 N–H and O–H groups in total. The zero-order valence-electron chi connectivity index (χ0n) is 10.8. The van der Waals surface area contributed by atoms with Crippen molar-refractivity contribution in [2.45, 2.75) is 24.9 Å². The van der Waals surface area contributed by atoms with Crippen LogP contribution in [0.25, 0.3) is 11.3 Å². The van der Waals surface area contributed by atoms with E-state index in [-0.39, 0.29) is 5.56 Å². The molecule has 1 aromatic heterocycles. The van der Waals surface area contributed by atoms with Crippen LogP contribution >= 0.6 is 0 Å². The Morgan fingerprint density at radius 2 is 2.00 bits per heavy atom. The third-order valence-electron chi connectivity index (χ3n) is 3.79. The van der Waals surface area contributed by atoms with E-state index in [1.807, 2.05) is 30.3 Å². The molecule has 1 heterocycles. The lowest BCUT2D eigenvalue weighted by Gasteiger charge is -2.39. The summed E-state index contributed by atoms with van der Waals surface area (Å²) >= 11 is 0. The Morgan fingerprint density at radius 1 is 1.26 bits per heavy atom. The molecular weight excluding hydrogens is 240 g/mol. The van der Waals surface area contributed by atoms with Gasteiger partial charge in [0.1, 0.15) is 11.4 Å². The van der Waals surface area contributed by atoms with Crippen LogP contribution in [0.5, 0.6) is 0 Å². The first kappa shape index (κ1) is 12.1. The van der Waals surface area contributed by atoms with Gasteiger partial charge in [-0.05, 0) is 19.3 Å². The SMILES string of the molecule is COC1(c2nc(-c3ccccc3)cc(=O)[nH]2)CCC1. The van der Waals surface area contributed by atoms with Crippen LogP contribution in [0, 0.1) is 0 Å². The Kier molecular flexibility index (Phi) is 2.95. The quantitative estimate of drug-likeness (QED) is 0.917. The number of nitrogens with one attached hydrogen (secondary N) is 1. The van der Waals surface area contributed by atoms with Crippen molar-refractivity contribution in [3.8, 4) is 11.3 Å². The third kappa shape index (κ3) is 2.08. The Bertz CT molecular complexity index is 625. The molecule has 0 amide bonds. The Morgan fingerprint density at radius 3 is 2.58 bits per heavy atom. The van der Waals surface area contributed by atoms with Crippen LogP contribution < -0.4 is 5.56 Å². The highest BCUT2D eigenvalue weighted by Crippen LogP contribution is 2.42. The van der Waals surface area contributed by atoms with E-state index in [2.05, 4.69) is 9.97 Å². The number of rotatable bonds is 3. The van der Waals surface area contributed by atoms with Crippen molar-refractivity contribution in [1.82, 2.24) is 9.97 Å². The predicted molar refractivity (Wildman–Crippen MR) is 72.8 cm³/mol. The second-order valence-electron chi connectivity index (χ2n) is 4.90. The van der Waals surface area contributed by atoms with Gasteiger partial charge in [-0.3, -0.25) is 4.79 Å². The molecule has 1 saturated carbocycles. The first-order chi connectivity index (χ1) is 9.23. The molecule has 4 nitrogen and oxygen atoms in total. The van der Waals surface area contributed by atoms with Gasteiger partial charge in [-0.2, -0.15) is 0 Å². The van der Waals surface area contributed by atoms with Crippen LogP contribution in [-0.2, 0) is 10.3 Å². The van der Waals surface area contributed by atoms with Crippen LogP contribution in [0.2, 0.25) is 0 Å². The van der Waals surface area contributed by atoms with Gasteiger partial charge in [0.15, 0.2) is 0 Å². The zero-order chi connectivity index (χ0) is 13.3. The molecule has 4 heteroatoms. The first-order valence-electron chi connectivity index (χ1n) is 6.46. The van der Waals surface area contributed by atoms with E-state index in [4.69, 9.17) is 4.74 Å². The molecule has 3 rings (SSSR count). The molecule has 0 atom stereocenters. The number of benzene rings is 1. The predicted octanol–water partition coefficient (Wildman–Crippen LogP) is 2.46. The van der Waals surface area contributed by atoms with Crippen molar-refractivity contribution < 1.29 is 4.74 Å². The Hall–Kier alpha value is -1.94. The molecule has 0 aliphatic heterocycles. The Balaban J connectivity index is 2.09. The monoisotopic (exact) mass is 256 g/mol. The average molecular weight is 256 g/mol. The summed E-state index contributed by atoms with van der Waals surface area (Å²) < 4.78 is 5.57. The molecule has 19 heavy (non-hydrogen) atoms. The largest absolute Gasteiger partial charge is 0.370 e. The van der Waals surface area contributed by atoms with Crippen molar-refractivity contribution in [2.24, 2.45) is 0 Å². The van der Waals surface area contributed by atoms with Crippen LogP contribution in [0.1, 0.15) is 25.1 Å². The van der Waals surface area contributed by atoms with Crippen molar-refractivity contribution in [2.75, 3.05) is 7.11 Å². The minimum absolute atomic E-state index is 0.132. The van der Waals surface area contributed by atoms with Gasteiger partial charge in [0.25, 0.3) is 5.56 Å². The minimum atomic E-state index is -0.399. The van der Waals surface area contributed by atoms with E-state index >= 15 is 0 Å². The van der Waals surface area contributed by atoms with Crippen LogP contribution in [-0.4, -0.2) is 17.1 Å². The number of aromatic nitrogens is 2. The maximum Gasteiger partial charge on any atom is 0.251 e. The maximum absolute atomic E-state index is 11.8. The van der Waals surface area contributed by atoms with Crippen molar-refractivity contribution >= 4 is 0 Å². The first-order valence-corrected chi connectivity index (χ1v) is 6.46. The molecule has 0 bridgehead atoms. The van der Waals surface area contributed by atoms with Gasteiger partial charge in [-0.1, -0.05) is 30.3 Å². The molecule has 98 valence electrons. The highest BCUT2D eigenvalue weighted by atomic mass is 16.5. The fourth-order valence-corrected chi connectivity index (χ4v) is 2.47. The molecule has 1 aromatic carbocycles. The summed E-state index contributed by atoms with van der Waals surface area (Å²) in [6.07, 6.45) is 2.92. The molecule has 2 aromatic rings. The van der Waals surface area contributed by atoms with E-state index in [0.717, 1.165) is 24.8 Å². The highest BCUT2D eigenvalue weighted by molar-refractivity contribution is 5.58. The average Bonchev–Trinajstić information content (AvgIpc) is 2.39. The number of hydrogen-bond acceptors (Lipinski definition) is 3. The number of nitrogens with zero attached hydrogens (tertiary/aromatic N) is 1. The second-order valence-corrected chi connectivity index (χ2v) is 4.90. The maximum atomic E-state index is 11.8. The smallest absolute Gasteiger partial charge is 0.251 e. The van der Waals surface area contributed by atoms with Crippen LogP contribution in [0.3, 0.4) is 0 Å². The van der Waals surface area contributed by atoms with E-state index < -0.39 is 5.60 Å². The summed E-state index contributed by atoms with van der Waals surface area (Å²) in [6, 6.07) is 11.2. The van der Waals surface area contributed by atoms with E-state index in [1.54, 1.807) is 7.11 Å². The summed E-state index contributed by atoms with van der Waals surface area (Å²) in [7, 11) is 1.67. The minimum Gasteiger partial charge on any atom is -0.370 e. The number of aromatic amines is 1. The Labute approximate surface area is 111 Å². The van der Waals surface area contributed by atoms with E-state index in [1.165, 1.54) is 6.07 Å². The standard InChI is InChI=1S/C15H16N2O2/c1-19-15(8-5-9-15)14-16-12(10-13(18)17-14)11-6-3-2-4-7-11/h2-4,6-7,10H,5,8-9H2,1H3,(H,16,17,18). The topological polar surface area (TPSA) is 55.0 Å². The van der Waals surface area contributed by atoms with Gasteiger partial charge in [0.05, 0.1) is 5.69 Å². The van der Waals surface area contributed by atoms with Crippen molar-refractivity contribution in [3.05, 3.63) is 52.6 Å². The molecule has 1 fully saturated rings. The van der Waals surface area contributed by atoms with Gasteiger partial charge in [-0.15, -0.1) is 0 Å². The highest BCUT2D eigenvalue weighted by Gasteiger charge is 2.41. The van der Waals surface area contributed by atoms with E-state index in [0.29, 0.717) is 11.5 Å². The zero-order valence-corrected chi connectivity index (χ0v) is 10.8. The number of methoxy groups -OCH3 is 1. The van der Waals surface area contributed by atoms with Crippen LogP contribution in [0.4, 0.5) is 0 Å². The summed E-state index contributed by atoms with van der Waals surface area (Å²) in [4.78, 5) is 19.2. The van der Waals surface area contributed by atoms with Crippen molar-refractivity contribution in [1.29, 1.82) is 0 Å². The lowest BCUT2D eigenvalue weighted by atomic mass is 9.79. The molecule has 0 spiro atoms. The molecular formula is C15H16N2O2. The number of hydrogen-bond donors (Lipinski definition) is 1. The third-order valence-corrected chi connectivity index (χ3v) is 3.79. The second kappa shape index (κ2) is 4.63. The van der Waals surface area contributed by atoms with Gasteiger partial charge in [0.2, 0.25) is 0 Å². The summed E-state index contributed by atoms with van der Waals surface area (Å²) in [5.41, 5.74) is 1.11.